The second-order valence-corrected chi connectivity index (χ2v) is 7.85. The third kappa shape index (κ3) is 6.01. The van der Waals surface area contributed by atoms with E-state index in [2.05, 4.69) is 55.2 Å². The Morgan fingerprint density at radius 2 is 1.95 bits per heavy atom. The molecule has 0 aliphatic heterocycles. The molecule has 2 atom stereocenters. The molecule has 118 valence electrons. The Labute approximate surface area is 134 Å². The minimum atomic E-state index is 0.770. The van der Waals surface area contributed by atoms with Crippen LogP contribution in [0.3, 0.4) is 0 Å². The Hall–Kier alpha value is -0.510. The van der Waals surface area contributed by atoms with Crippen molar-refractivity contribution in [1.29, 1.82) is 0 Å². The van der Waals surface area contributed by atoms with Gasteiger partial charge in [0.25, 0.3) is 0 Å². The van der Waals surface area contributed by atoms with Gasteiger partial charge in [0.2, 0.25) is 0 Å². The second-order valence-electron chi connectivity index (χ2n) is 6.47. The summed E-state index contributed by atoms with van der Waals surface area (Å²) < 4.78 is 5.06. The van der Waals surface area contributed by atoms with E-state index < -0.39 is 0 Å². The number of rotatable bonds is 7. The summed E-state index contributed by atoms with van der Waals surface area (Å²) in [4.78, 5) is 1.42. The molecular formula is C18H29NOS. The molecule has 1 aromatic rings. The summed E-state index contributed by atoms with van der Waals surface area (Å²) >= 11 is 2.08. The van der Waals surface area contributed by atoms with E-state index in [-0.39, 0.29) is 0 Å². The van der Waals surface area contributed by atoms with E-state index in [9.17, 15) is 0 Å². The Morgan fingerprint density at radius 1 is 1.19 bits per heavy atom. The van der Waals surface area contributed by atoms with Crippen LogP contribution in [0.25, 0.3) is 0 Å². The van der Waals surface area contributed by atoms with Gasteiger partial charge < -0.3 is 10.1 Å². The summed E-state index contributed by atoms with van der Waals surface area (Å²) in [6, 6.07) is 8.99. The van der Waals surface area contributed by atoms with Crippen molar-refractivity contribution in [2.24, 2.45) is 11.8 Å². The van der Waals surface area contributed by atoms with Crippen LogP contribution in [-0.2, 0) is 11.3 Å². The summed E-state index contributed by atoms with van der Waals surface area (Å²) in [6.45, 7) is 7.41. The summed E-state index contributed by atoms with van der Waals surface area (Å²) in [5.41, 5.74) is 1.37. The maximum Gasteiger partial charge on any atom is 0.0587 e. The first kappa shape index (κ1) is 16.9. The van der Waals surface area contributed by atoms with Crippen molar-refractivity contribution >= 4 is 11.8 Å². The Balaban J connectivity index is 1.85. The molecule has 0 radical (unpaired) electrons. The third-order valence-corrected chi connectivity index (χ3v) is 5.39. The number of ether oxygens (including phenoxy) is 1. The molecule has 1 saturated carbocycles. The number of hydrogen-bond donors (Lipinski definition) is 1. The summed E-state index contributed by atoms with van der Waals surface area (Å²) in [7, 11) is 1.74. The summed E-state index contributed by atoms with van der Waals surface area (Å²) in [5, 5.41) is 4.21. The molecule has 0 aromatic heterocycles. The third-order valence-electron chi connectivity index (χ3n) is 4.15. The highest BCUT2D eigenvalue weighted by Gasteiger charge is 2.24. The van der Waals surface area contributed by atoms with Crippen molar-refractivity contribution in [2.75, 3.05) is 20.3 Å². The first-order chi connectivity index (χ1) is 10.2. The fourth-order valence-corrected chi connectivity index (χ4v) is 4.91. The van der Waals surface area contributed by atoms with Crippen molar-refractivity contribution in [1.82, 2.24) is 5.32 Å². The lowest BCUT2D eigenvalue weighted by molar-refractivity contribution is 0.199. The van der Waals surface area contributed by atoms with Crippen LogP contribution < -0.4 is 5.32 Å². The topological polar surface area (TPSA) is 21.3 Å². The minimum Gasteiger partial charge on any atom is -0.383 e. The molecule has 0 bridgehead atoms. The molecule has 0 amide bonds. The van der Waals surface area contributed by atoms with Crippen molar-refractivity contribution in [3.8, 4) is 0 Å². The number of benzene rings is 1. The van der Waals surface area contributed by atoms with E-state index in [1.807, 2.05) is 0 Å². The average molecular weight is 308 g/mol. The highest BCUT2D eigenvalue weighted by Crippen LogP contribution is 2.38. The smallest absolute Gasteiger partial charge is 0.0587 e. The molecule has 2 nitrogen and oxygen atoms in total. The predicted molar refractivity (Wildman–Crippen MR) is 91.8 cm³/mol. The van der Waals surface area contributed by atoms with Crippen molar-refractivity contribution in [3.63, 3.8) is 0 Å². The fourth-order valence-electron chi connectivity index (χ4n) is 3.30. The van der Waals surface area contributed by atoms with E-state index in [4.69, 9.17) is 4.74 Å². The highest BCUT2D eigenvalue weighted by atomic mass is 32.2. The molecule has 21 heavy (non-hydrogen) atoms. The van der Waals surface area contributed by atoms with E-state index in [0.29, 0.717) is 0 Å². The maximum absolute atomic E-state index is 5.06. The predicted octanol–water partition coefficient (Wildman–Crippen LogP) is 4.34. The molecular weight excluding hydrogens is 278 g/mol. The Morgan fingerprint density at radius 3 is 2.67 bits per heavy atom. The van der Waals surface area contributed by atoms with Crippen molar-refractivity contribution in [2.45, 2.75) is 49.8 Å². The molecule has 1 aromatic carbocycles. The monoisotopic (exact) mass is 307 g/mol. The minimum absolute atomic E-state index is 0.770. The number of hydrogen-bond acceptors (Lipinski definition) is 3. The molecule has 0 saturated heterocycles. The van der Waals surface area contributed by atoms with Gasteiger partial charge in [0.1, 0.15) is 0 Å². The molecule has 1 N–H and O–H groups in total. The summed E-state index contributed by atoms with van der Waals surface area (Å²) in [6.07, 6.45) is 4.14. The zero-order valence-corrected chi connectivity index (χ0v) is 14.4. The lowest BCUT2D eigenvalue weighted by Gasteiger charge is -2.31. The normalized spacial score (nSPS) is 26.0. The van der Waals surface area contributed by atoms with Crippen LogP contribution in [0.15, 0.2) is 29.2 Å². The van der Waals surface area contributed by atoms with Crippen LogP contribution >= 0.6 is 11.8 Å². The van der Waals surface area contributed by atoms with Gasteiger partial charge >= 0.3 is 0 Å². The van der Waals surface area contributed by atoms with Crippen LogP contribution in [0.1, 0.15) is 38.7 Å². The van der Waals surface area contributed by atoms with E-state index >= 15 is 0 Å². The standard InChI is InChI=1S/C18H29NOS/c1-14-9-15(2)11-18(10-14)21-17-6-4-5-16(12-17)13-19-7-8-20-3/h4-6,12,14-15,18-19H,7-11,13H2,1-3H3. The van der Waals surface area contributed by atoms with Gasteiger partial charge in [-0.25, -0.2) is 0 Å². The van der Waals surface area contributed by atoms with E-state index in [1.54, 1.807) is 7.11 Å². The molecule has 0 spiro atoms. The van der Waals surface area contributed by atoms with Gasteiger partial charge in [-0.3, -0.25) is 0 Å². The van der Waals surface area contributed by atoms with Gasteiger partial charge in [-0.15, -0.1) is 11.8 Å². The van der Waals surface area contributed by atoms with Gasteiger partial charge in [0.05, 0.1) is 6.61 Å². The van der Waals surface area contributed by atoms with Crippen molar-refractivity contribution in [3.05, 3.63) is 29.8 Å². The SMILES string of the molecule is COCCNCc1cccc(SC2CC(C)CC(C)C2)c1. The molecule has 2 rings (SSSR count). The van der Waals surface area contributed by atoms with Gasteiger partial charge in [-0.05, 0) is 48.8 Å². The van der Waals surface area contributed by atoms with Crippen LogP contribution in [0.4, 0.5) is 0 Å². The second kappa shape index (κ2) is 8.82. The van der Waals surface area contributed by atoms with Gasteiger partial charge in [0, 0.05) is 30.3 Å². The van der Waals surface area contributed by atoms with Gasteiger partial charge in [-0.2, -0.15) is 0 Å². The zero-order valence-electron chi connectivity index (χ0n) is 13.6. The molecule has 3 heteroatoms. The van der Waals surface area contributed by atoms with Gasteiger partial charge in [-0.1, -0.05) is 26.0 Å². The van der Waals surface area contributed by atoms with Crippen LogP contribution in [-0.4, -0.2) is 25.5 Å². The lowest BCUT2D eigenvalue weighted by Crippen LogP contribution is -2.21. The highest BCUT2D eigenvalue weighted by molar-refractivity contribution is 8.00. The van der Waals surface area contributed by atoms with Crippen LogP contribution in [0.2, 0.25) is 0 Å². The molecule has 1 aliphatic carbocycles. The van der Waals surface area contributed by atoms with E-state index in [1.165, 1.54) is 29.7 Å². The van der Waals surface area contributed by atoms with Crippen molar-refractivity contribution < 1.29 is 4.74 Å². The maximum atomic E-state index is 5.06. The Bertz CT molecular complexity index is 413. The first-order valence-electron chi connectivity index (χ1n) is 8.12. The van der Waals surface area contributed by atoms with Gasteiger partial charge in [0.15, 0.2) is 0 Å². The molecule has 2 unspecified atom stereocenters. The quantitative estimate of drug-likeness (QED) is 0.757. The fraction of sp³-hybridized carbons (Fsp3) is 0.667. The molecule has 1 aliphatic rings. The largest absolute Gasteiger partial charge is 0.383 e. The van der Waals surface area contributed by atoms with Crippen LogP contribution in [0.5, 0.6) is 0 Å². The number of nitrogens with one attached hydrogen (secondary N) is 1. The average Bonchev–Trinajstić information content (AvgIpc) is 2.43. The molecule has 1 fully saturated rings. The molecule has 0 heterocycles. The lowest BCUT2D eigenvalue weighted by atomic mass is 9.83. The number of thioether (sulfide) groups is 1. The Kier molecular flexibility index (Phi) is 7.08. The van der Waals surface area contributed by atoms with Crippen LogP contribution in [0, 0.1) is 11.8 Å². The van der Waals surface area contributed by atoms with E-state index in [0.717, 1.165) is 36.8 Å². The number of methoxy groups -OCH3 is 1. The first-order valence-corrected chi connectivity index (χ1v) is 9.00. The summed E-state index contributed by atoms with van der Waals surface area (Å²) in [5.74, 6) is 1.76. The zero-order chi connectivity index (χ0) is 15.1.